The SMILES string of the molecule is COCCOCCOCCOCC(C)(C)C(=O)Nc1ccc2cc1C(=O)Nc1ccc(NC(=O)C(C)(C)COCCOCCOCCOC)c(c1)C(=O)Nc1ccc(NC(=O)C(C)(C)COCCOCCOCCOC)c(c1)C(=O)Nc1ccc(NC(=O)C(C)(C)COCCOCCOCCOC)c(c1)C(=O)Nc1ccc(NC(=O)C(C)(C)COCCOCCOCCOC)c(c1)C(=O)N2. The van der Waals surface area contributed by atoms with Crippen LogP contribution >= 0.6 is 0 Å². The minimum atomic E-state index is -1.28. The van der Waals surface area contributed by atoms with Gasteiger partial charge >= 0.3 is 0 Å². The summed E-state index contributed by atoms with van der Waals surface area (Å²) < 4.78 is 110. The Bertz CT molecular complexity index is 3880. The number of anilines is 10. The van der Waals surface area contributed by atoms with E-state index in [2.05, 4.69) is 53.2 Å². The van der Waals surface area contributed by atoms with Gasteiger partial charge in [-0.25, -0.2) is 0 Å². The van der Waals surface area contributed by atoms with Crippen LogP contribution in [0.2, 0.25) is 0 Å². The smallest absolute Gasteiger partial charge is 0.257 e. The lowest BCUT2D eigenvalue weighted by Gasteiger charge is -2.25. The van der Waals surface area contributed by atoms with Gasteiger partial charge in [0, 0.05) is 64.0 Å². The molecular weight excluding hydrogens is 1760 g/mol. The van der Waals surface area contributed by atoms with Gasteiger partial charge in [-0.1, -0.05) is 0 Å². The number of hydrogen-bond donors (Lipinski definition) is 10. The van der Waals surface area contributed by atoms with E-state index in [9.17, 15) is 24.0 Å². The number of methoxy groups -OCH3 is 5. The van der Waals surface area contributed by atoms with Gasteiger partial charge in [0.1, 0.15) is 0 Å². The van der Waals surface area contributed by atoms with Crippen molar-refractivity contribution in [1.82, 2.24) is 0 Å². The third-order valence-corrected chi connectivity index (χ3v) is 20.1. The highest BCUT2D eigenvalue weighted by atomic mass is 16.6. The van der Waals surface area contributed by atoms with Crippen LogP contribution in [0.5, 0.6) is 0 Å². The molecule has 40 heteroatoms. The van der Waals surface area contributed by atoms with Gasteiger partial charge in [-0.05, 0) is 160 Å². The van der Waals surface area contributed by atoms with Crippen molar-refractivity contribution in [1.29, 1.82) is 0 Å². The lowest BCUT2D eigenvalue weighted by molar-refractivity contribution is -0.128. The van der Waals surface area contributed by atoms with Crippen LogP contribution in [0.4, 0.5) is 56.9 Å². The summed E-state index contributed by atoms with van der Waals surface area (Å²) >= 11 is 0. The van der Waals surface area contributed by atoms with Crippen LogP contribution in [-0.2, 0) is 119 Å². The molecule has 1 aliphatic heterocycles. The third-order valence-electron chi connectivity index (χ3n) is 20.1. The summed E-state index contributed by atoms with van der Waals surface area (Å²) in [7, 11) is 7.84. The van der Waals surface area contributed by atoms with Crippen molar-refractivity contribution in [2.45, 2.75) is 69.2 Å². The number of amides is 10. The molecule has 0 fully saturated rings. The lowest BCUT2D eigenvalue weighted by Crippen LogP contribution is -2.36. The molecule has 0 spiro atoms. The molecule has 10 amide bonds. The van der Waals surface area contributed by atoms with E-state index in [1.54, 1.807) is 105 Å². The number of benzene rings is 5. The Morgan fingerprint density at radius 2 is 0.333 bits per heavy atom. The van der Waals surface area contributed by atoms with Crippen LogP contribution in [0.1, 0.15) is 121 Å². The monoisotopic (exact) mass is 1900 g/mol. The second kappa shape index (κ2) is 61.3. The molecule has 1 aliphatic rings. The average Bonchev–Trinajstić information content (AvgIpc) is 1.09. The highest BCUT2D eigenvalue weighted by Gasteiger charge is 2.36. The van der Waals surface area contributed by atoms with Gasteiger partial charge in [0.15, 0.2) is 0 Å². The molecule has 0 atom stereocenters. The summed E-state index contributed by atoms with van der Waals surface area (Å²) in [5, 5.41) is 28.5. The standard InChI is InChI=1S/C95H140N10O30/c1-91(2,61-131-51-46-126-41-36-121-31-26-116-11)86(111)101-76-21-16-66-56-71(76)81(106)96-67-17-22-77(102-87(112)92(3,4)62-132-52-47-127-42-37-122-32-27-117-12)72(57-67)83(108)98-69-19-24-79(104-89(114)94(7,8)64-134-54-49-129-44-39-124-34-29-119-14)74(59-69)85(110)100-70-20-25-80(105-90(115)95(9,10)65-135-55-50-130-45-40-125-35-30-120-15)75(60-70)84(109)99-68-18-23-78(73(58-68)82(107)97-66)103-88(113)93(5,6)63-133-53-48-128-43-38-123-33-28-118-13/h16-25,56-60H,26-55,61-65H2,1-15H3,(H,96,106)(H,97,107)(H,98,108)(H,99,109)(H,100,110)(H,101,111)(H,102,112)(H,103,113)(H,104,114)(H,105,115). The molecule has 0 saturated carbocycles. The van der Waals surface area contributed by atoms with E-state index in [0.717, 1.165) is 0 Å². The van der Waals surface area contributed by atoms with Gasteiger partial charge in [-0.3, -0.25) is 47.9 Å². The van der Waals surface area contributed by atoms with Gasteiger partial charge in [-0.15, -0.1) is 0 Å². The van der Waals surface area contributed by atoms with E-state index in [1.807, 2.05) is 0 Å². The van der Waals surface area contributed by atoms with Crippen molar-refractivity contribution in [3.63, 3.8) is 0 Å². The van der Waals surface area contributed by atoms with E-state index in [4.69, 9.17) is 94.7 Å². The van der Waals surface area contributed by atoms with Crippen molar-refractivity contribution in [3.8, 4) is 0 Å². The van der Waals surface area contributed by atoms with Crippen LogP contribution in [0.3, 0.4) is 0 Å². The Kier molecular flexibility index (Phi) is 51.6. The van der Waals surface area contributed by atoms with Crippen molar-refractivity contribution in [2.75, 3.05) is 320 Å². The third kappa shape index (κ3) is 41.9. The molecule has 6 rings (SSSR count). The van der Waals surface area contributed by atoms with Crippen molar-refractivity contribution in [3.05, 3.63) is 119 Å². The fourth-order valence-corrected chi connectivity index (χ4v) is 11.9. The predicted octanol–water partition coefficient (Wildman–Crippen LogP) is 9.57. The van der Waals surface area contributed by atoms with Crippen LogP contribution in [0.15, 0.2) is 91.0 Å². The molecule has 750 valence electrons. The van der Waals surface area contributed by atoms with Gasteiger partial charge in [0.05, 0.1) is 315 Å². The summed E-state index contributed by atoms with van der Waals surface area (Å²) in [5.74, 6) is -7.66. The fraction of sp³-hybridized carbons (Fsp3) is 0.579. The number of hydrogen-bond acceptors (Lipinski definition) is 30. The van der Waals surface area contributed by atoms with Crippen molar-refractivity contribution < 1.29 is 143 Å². The van der Waals surface area contributed by atoms with E-state index in [-0.39, 0.29) is 217 Å². The first-order valence-electron chi connectivity index (χ1n) is 44.6. The van der Waals surface area contributed by atoms with E-state index in [0.29, 0.717) is 99.1 Å². The number of carbonyl (C=O) groups is 10. The molecule has 0 aliphatic carbocycles. The van der Waals surface area contributed by atoms with Crippen LogP contribution in [0.25, 0.3) is 0 Å². The van der Waals surface area contributed by atoms with Crippen molar-refractivity contribution in [2.24, 2.45) is 27.1 Å². The first-order valence-corrected chi connectivity index (χ1v) is 44.6. The minimum absolute atomic E-state index is 0.0538. The van der Waals surface area contributed by atoms with Gasteiger partial charge in [0.25, 0.3) is 29.5 Å². The van der Waals surface area contributed by atoms with Crippen LogP contribution < -0.4 is 53.2 Å². The zero-order valence-electron chi connectivity index (χ0n) is 80.7. The Balaban J connectivity index is 1.52. The summed E-state index contributed by atoms with van der Waals surface area (Å²) in [6, 6.07) is 20.2. The second-order valence-corrected chi connectivity index (χ2v) is 34.1. The van der Waals surface area contributed by atoms with Gasteiger partial charge in [0.2, 0.25) is 29.5 Å². The molecule has 10 N–H and O–H groups in total. The Hall–Kier alpha value is -10.0. The van der Waals surface area contributed by atoms with E-state index in [1.165, 1.54) is 91.0 Å². The largest absolute Gasteiger partial charge is 0.382 e. The zero-order valence-corrected chi connectivity index (χ0v) is 80.7. The maximum atomic E-state index is 15.5. The minimum Gasteiger partial charge on any atom is -0.382 e. The van der Waals surface area contributed by atoms with Crippen LogP contribution in [0, 0.1) is 27.1 Å². The molecule has 5 aromatic carbocycles. The van der Waals surface area contributed by atoms with Crippen LogP contribution in [-0.4, -0.2) is 326 Å². The number of rotatable bonds is 65. The molecule has 0 aromatic heterocycles. The van der Waals surface area contributed by atoms with Gasteiger partial charge < -0.3 is 148 Å². The molecule has 0 saturated heterocycles. The predicted molar refractivity (Wildman–Crippen MR) is 506 cm³/mol. The Morgan fingerprint density at radius 1 is 0.207 bits per heavy atom. The Morgan fingerprint density at radius 3 is 0.467 bits per heavy atom. The zero-order chi connectivity index (χ0) is 98.5. The topological polar surface area (TPSA) is 476 Å². The summed E-state index contributed by atoms with van der Waals surface area (Å²) in [6.45, 7) is 24.1. The maximum absolute atomic E-state index is 15.5. The molecule has 1 heterocycles. The molecule has 40 nitrogen and oxygen atoms in total. The lowest BCUT2D eigenvalue weighted by atomic mass is 9.93. The number of fused-ring (bicyclic) bond motifs is 10. The quantitative estimate of drug-likeness (QED) is 0.0162. The van der Waals surface area contributed by atoms with Gasteiger partial charge in [-0.2, -0.15) is 0 Å². The molecule has 0 unspecified atom stereocenters. The normalized spacial score (nSPS) is 12.9. The van der Waals surface area contributed by atoms with E-state index >= 15 is 24.0 Å². The highest BCUT2D eigenvalue weighted by Crippen LogP contribution is 2.35. The number of nitrogens with one attached hydrogen (secondary N) is 10. The first-order chi connectivity index (χ1) is 64.7. The number of ether oxygens (including phenoxy) is 20. The summed E-state index contributed by atoms with van der Waals surface area (Å²) in [4.78, 5) is 150. The second-order valence-electron chi connectivity index (χ2n) is 34.1. The Labute approximate surface area is 790 Å². The summed E-state index contributed by atoms with van der Waals surface area (Å²) in [6.07, 6.45) is 0. The average molecular weight is 1900 g/mol. The maximum Gasteiger partial charge on any atom is 0.257 e. The first kappa shape index (κ1) is 114. The summed E-state index contributed by atoms with van der Waals surface area (Å²) in [5.41, 5.74) is -8.34. The van der Waals surface area contributed by atoms with Crippen molar-refractivity contribution >= 4 is 116 Å². The fourth-order valence-electron chi connectivity index (χ4n) is 11.9. The van der Waals surface area contributed by atoms with E-state index < -0.39 is 86.1 Å². The molecule has 135 heavy (non-hydrogen) atoms. The number of carbonyl (C=O) groups excluding carboxylic acids is 10. The highest BCUT2D eigenvalue weighted by molar-refractivity contribution is 6.18. The molecule has 0 radical (unpaired) electrons. The molecular formula is C95H140N10O30. The molecule has 5 aromatic rings. The molecule has 10 bridgehead atoms.